The third kappa shape index (κ3) is 1.94. The monoisotopic (exact) mass is 219 g/mol. The lowest BCUT2D eigenvalue weighted by atomic mass is 10.0. The fourth-order valence-electron chi connectivity index (χ4n) is 1.67. The Morgan fingerprint density at radius 3 is 2.80 bits per heavy atom. The van der Waals surface area contributed by atoms with E-state index in [1.165, 1.54) is 16.7 Å². The molecule has 0 bridgehead atoms. The maximum atomic E-state index is 9.16. The van der Waals surface area contributed by atoms with E-state index in [0.29, 0.717) is 0 Å². The zero-order valence-electron chi connectivity index (χ0n) is 8.82. The Morgan fingerprint density at radius 1 is 1.33 bits per heavy atom. The molecule has 0 saturated heterocycles. The molecule has 2 aromatic rings. The van der Waals surface area contributed by atoms with Gasteiger partial charge in [-0.15, -0.1) is 11.3 Å². The quantitative estimate of drug-likeness (QED) is 0.842. The highest BCUT2D eigenvalue weighted by molar-refractivity contribution is 7.13. The summed E-state index contributed by atoms with van der Waals surface area (Å²) in [5.74, 6) is 0. The van der Waals surface area contributed by atoms with E-state index in [-0.39, 0.29) is 6.61 Å². The normalized spacial score (nSPS) is 10.6. The number of hydrogen-bond acceptors (Lipinski definition) is 3. The summed E-state index contributed by atoms with van der Waals surface area (Å²) >= 11 is 1.58. The van der Waals surface area contributed by atoms with Crippen LogP contribution in [0, 0.1) is 13.8 Å². The average molecular weight is 219 g/mol. The molecular weight excluding hydrogens is 206 g/mol. The molecule has 1 N–H and O–H groups in total. The first-order chi connectivity index (χ1) is 7.22. The third-order valence-electron chi connectivity index (χ3n) is 2.42. The summed E-state index contributed by atoms with van der Waals surface area (Å²) in [4.78, 5) is 5.22. The fourth-order valence-corrected chi connectivity index (χ4v) is 2.56. The molecule has 1 aromatic carbocycles. The molecule has 0 radical (unpaired) electrons. The van der Waals surface area contributed by atoms with Gasteiger partial charge in [-0.3, -0.25) is 0 Å². The highest BCUT2D eigenvalue weighted by atomic mass is 32.1. The van der Waals surface area contributed by atoms with Crippen LogP contribution in [0.3, 0.4) is 0 Å². The molecule has 1 heterocycles. The average Bonchev–Trinajstić information content (AvgIpc) is 2.65. The summed E-state index contributed by atoms with van der Waals surface area (Å²) in [5.41, 5.74) is 6.21. The molecule has 78 valence electrons. The minimum atomic E-state index is 0.00610. The van der Waals surface area contributed by atoms with E-state index in [4.69, 9.17) is 5.11 Å². The highest BCUT2D eigenvalue weighted by Gasteiger charge is 2.09. The predicted octanol–water partition coefficient (Wildman–Crippen LogP) is 2.92. The number of hydrogen-bond donors (Lipinski definition) is 1. The van der Waals surface area contributed by atoms with E-state index in [1.54, 1.807) is 16.8 Å². The highest BCUT2D eigenvalue weighted by Crippen LogP contribution is 2.30. The van der Waals surface area contributed by atoms with Gasteiger partial charge in [0.05, 0.1) is 22.7 Å². The Bertz CT molecular complexity index is 476. The van der Waals surface area contributed by atoms with Crippen LogP contribution in [0.4, 0.5) is 0 Å². The van der Waals surface area contributed by atoms with Gasteiger partial charge >= 0.3 is 0 Å². The smallest absolute Gasteiger partial charge is 0.0867 e. The Morgan fingerprint density at radius 2 is 2.13 bits per heavy atom. The summed E-state index contributed by atoms with van der Waals surface area (Å²) < 4.78 is 0. The number of aromatic nitrogens is 1. The van der Waals surface area contributed by atoms with Crippen molar-refractivity contribution in [2.24, 2.45) is 0 Å². The maximum Gasteiger partial charge on any atom is 0.0867 e. The number of nitrogens with zero attached hydrogens (tertiary/aromatic N) is 1. The van der Waals surface area contributed by atoms with E-state index in [0.717, 1.165) is 10.6 Å². The van der Waals surface area contributed by atoms with Gasteiger partial charge in [0, 0.05) is 0 Å². The Hall–Kier alpha value is -1.19. The first kappa shape index (κ1) is 10.3. The molecule has 2 nitrogen and oxygen atoms in total. The van der Waals surface area contributed by atoms with Crippen LogP contribution < -0.4 is 0 Å². The number of aryl methyl sites for hydroxylation is 2. The largest absolute Gasteiger partial charge is 0.390 e. The van der Waals surface area contributed by atoms with Crippen LogP contribution in [-0.4, -0.2) is 10.1 Å². The van der Waals surface area contributed by atoms with E-state index in [1.807, 2.05) is 0 Å². The molecule has 0 aliphatic carbocycles. The minimum absolute atomic E-state index is 0.00610. The minimum Gasteiger partial charge on any atom is -0.390 e. The van der Waals surface area contributed by atoms with Crippen molar-refractivity contribution in [3.05, 3.63) is 40.5 Å². The van der Waals surface area contributed by atoms with Gasteiger partial charge in [-0.25, -0.2) is 4.98 Å². The SMILES string of the molecule is Cc1ccc(-c2scnc2CO)c(C)c1. The number of aliphatic hydroxyl groups is 1. The van der Waals surface area contributed by atoms with Crippen molar-refractivity contribution in [2.45, 2.75) is 20.5 Å². The molecule has 0 amide bonds. The van der Waals surface area contributed by atoms with Crippen molar-refractivity contribution in [3.63, 3.8) is 0 Å². The van der Waals surface area contributed by atoms with Crippen LogP contribution in [-0.2, 0) is 6.61 Å². The van der Waals surface area contributed by atoms with Crippen molar-refractivity contribution in [2.75, 3.05) is 0 Å². The van der Waals surface area contributed by atoms with Crippen molar-refractivity contribution in [1.29, 1.82) is 0 Å². The first-order valence-electron chi connectivity index (χ1n) is 4.83. The van der Waals surface area contributed by atoms with Crippen molar-refractivity contribution >= 4 is 11.3 Å². The van der Waals surface area contributed by atoms with Crippen LogP contribution in [0.15, 0.2) is 23.7 Å². The number of thiazole rings is 1. The second kappa shape index (κ2) is 4.13. The van der Waals surface area contributed by atoms with Crippen molar-refractivity contribution in [1.82, 2.24) is 4.98 Å². The van der Waals surface area contributed by atoms with Gasteiger partial charge in [0.2, 0.25) is 0 Å². The molecule has 0 unspecified atom stereocenters. The van der Waals surface area contributed by atoms with Crippen LogP contribution in [0.1, 0.15) is 16.8 Å². The zero-order valence-corrected chi connectivity index (χ0v) is 9.64. The molecule has 15 heavy (non-hydrogen) atoms. The molecule has 0 spiro atoms. The lowest BCUT2D eigenvalue weighted by molar-refractivity contribution is 0.278. The molecule has 3 heteroatoms. The number of benzene rings is 1. The van der Waals surface area contributed by atoms with Gasteiger partial charge in [0.25, 0.3) is 0 Å². The second-order valence-electron chi connectivity index (χ2n) is 3.60. The zero-order chi connectivity index (χ0) is 10.8. The molecule has 0 aliphatic heterocycles. The van der Waals surface area contributed by atoms with E-state index in [2.05, 4.69) is 37.0 Å². The van der Waals surface area contributed by atoms with Crippen LogP contribution in [0.2, 0.25) is 0 Å². The van der Waals surface area contributed by atoms with E-state index in [9.17, 15) is 0 Å². The van der Waals surface area contributed by atoms with Gasteiger partial charge in [-0.05, 0) is 25.0 Å². The summed E-state index contributed by atoms with van der Waals surface area (Å²) in [5, 5.41) is 9.16. The second-order valence-corrected chi connectivity index (χ2v) is 4.46. The topological polar surface area (TPSA) is 33.1 Å². The molecule has 0 fully saturated rings. The van der Waals surface area contributed by atoms with Crippen LogP contribution >= 0.6 is 11.3 Å². The van der Waals surface area contributed by atoms with Crippen LogP contribution in [0.5, 0.6) is 0 Å². The number of rotatable bonds is 2. The lowest BCUT2D eigenvalue weighted by Crippen LogP contribution is -1.89. The van der Waals surface area contributed by atoms with Gasteiger partial charge in [-0.2, -0.15) is 0 Å². The lowest BCUT2D eigenvalue weighted by Gasteiger charge is -2.05. The predicted molar refractivity (Wildman–Crippen MR) is 62.9 cm³/mol. The van der Waals surface area contributed by atoms with Crippen molar-refractivity contribution < 1.29 is 5.11 Å². The summed E-state index contributed by atoms with van der Waals surface area (Å²) in [7, 11) is 0. The Balaban J connectivity index is 2.54. The van der Waals surface area contributed by atoms with E-state index < -0.39 is 0 Å². The van der Waals surface area contributed by atoms with Crippen LogP contribution in [0.25, 0.3) is 10.4 Å². The Kier molecular flexibility index (Phi) is 2.84. The molecule has 2 rings (SSSR count). The van der Waals surface area contributed by atoms with E-state index >= 15 is 0 Å². The summed E-state index contributed by atoms with van der Waals surface area (Å²) in [6.07, 6.45) is 0. The number of aliphatic hydroxyl groups excluding tert-OH is 1. The first-order valence-corrected chi connectivity index (χ1v) is 5.71. The van der Waals surface area contributed by atoms with Gasteiger partial charge in [-0.1, -0.05) is 23.8 Å². The third-order valence-corrected chi connectivity index (χ3v) is 3.32. The standard InChI is InChI=1S/C12H13NOS/c1-8-3-4-10(9(2)5-8)12-11(6-14)13-7-15-12/h3-5,7,14H,6H2,1-2H3. The summed E-state index contributed by atoms with van der Waals surface area (Å²) in [6, 6.07) is 6.33. The van der Waals surface area contributed by atoms with Gasteiger partial charge in [0.15, 0.2) is 0 Å². The fraction of sp³-hybridized carbons (Fsp3) is 0.250. The molecule has 0 aliphatic rings. The maximum absolute atomic E-state index is 9.16. The molecule has 1 aromatic heterocycles. The summed E-state index contributed by atoms with van der Waals surface area (Å²) in [6.45, 7) is 4.17. The van der Waals surface area contributed by atoms with Gasteiger partial charge in [0.1, 0.15) is 0 Å². The Labute approximate surface area is 93.2 Å². The van der Waals surface area contributed by atoms with Crippen molar-refractivity contribution in [3.8, 4) is 10.4 Å². The molecule has 0 atom stereocenters. The van der Waals surface area contributed by atoms with Gasteiger partial charge < -0.3 is 5.11 Å². The molecular formula is C12H13NOS. The molecule has 0 saturated carbocycles.